The van der Waals surface area contributed by atoms with Gasteiger partial charge in [0.2, 0.25) is 0 Å². The molecule has 0 spiro atoms. The first kappa shape index (κ1) is 13.3. The highest BCUT2D eigenvalue weighted by Gasteiger charge is 2.22. The maximum Gasteiger partial charge on any atom is 0.138 e. The number of hydrogen-bond donors (Lipinski definition) is 1. The van der Waals surface area contributed by atoms with Crippen molar-refractivity contribution < 1.29 is 4.74 Å². The van der Waals surface area contributed by atoms with Crippen LogP contribution in [0.2, 0.25) is 5.02 Å². The molecule has 0 atom stereocenters. The van der Waals surface area contributed by atoms with Crippen molar-refractivity contribution in [2.75, 3.05) is 0 Å². The number of para-hydroxylation sites is 1. The zero-order valence-corrected chi connectivity index (χ0v) is 13.9. The summed E-state index contributed by atoms with van der Waals surface area (Å²) in [6.07, 6.45) is 0. The average Bonchev–Trinajstić information content (AvgIpc) is 2.99. The molecule has 3 heteroatoms. The van der Waals surface area contributed by atoms with E-state index in [1.807, 2.05) is 30.3 Å². The molecule has 0 saturated carbocycles. The van der Waals surface area contributed by atoms with Crippen LogP contribution in [0.3, 0.4) is 0 Å². The first-order chi connectivity index (χ1) is 12.3. The Morgan fingerprint density at radius 1 is 0.680 bits per heavy atom. The number of fused-ring (bicyclic) bond motifs is 6. The van der Waals surface area contributed by atoms with E-state index in [4.69, 9.17) is 16.3 Å². The number of H-pyrrole nitrogens is 1. The summed E-state index contributed by atoms with van der Waals surface area (Å²) in [5, 5.41) is 5.43. The first-order valence-electron chi connectivity index (χ1n) is 8.23. The highest BCUT2D eigenvalue weighted by atomic mass is 35.5. The number of rotatable bonds is 0. The van der Waals surface area contributed by atoms with Crippen LogP contribution in [0.1, 0.15) is 0 Å². The van der Waals surface area contributed by atoms with E-state index in [2.05, 4.69) is 41.4 Å². The van der Waals surface area contributed by atoms with Crippen molar-refractivity contribution in [1.82, 2.24) is 4.98 Å². The van der Waals surface area contributed by atoms with Crippen molar-refractivity contribution in [2.45, 2.75) is 0 Å². The van der Waals surface area contributed by atoms with E-state index in [0.717, 1.165) is 43.9 Å². The van der Waals surface area contributed by atoms with Crippen LogP contribution in [0.4, 0.5) is 0 Å². The lowest BCUT2D eigenvalue weighted by atomic mass is 9.92. The minimum atomic E-state index is 0.746. The van der Waals surface area contributed by atoms with Crippen molar-refractivity contribution in [2.24, 2.45) is 0 Å². The molecule has 1 aliphatic rings. The van der Waals surface area contributed by atoms with E-state index >= 15 is 0 Å². The molecule has 0 amide bonds. The summed E-state index contributed by atoms with van der Waals surface area (Å²) in [6, 6.07) is 22.7. The molecule has 5 aromatic rings. The minimum absolute atomic E-state index is 0.746. The lowest BCUT2D eigenvalue weighted by Gasteiger charge is -2.21. The second-order valence-corrected chi connectivity index (χ2v) is 6.87. The fourth-order valence-electron chi connectivity index (χ4n) is 4.01. The molecule has 118 valence electrons. The van der Waals surface area contributed by atoms with Gasteiger partial charge < -0.3 is 9.72 Å². The predicted molar refractivity (Wildman–Crippen MR) is 104 cm³/mol. The Bertz CT molecular complexity index is 1330. The molecule has 0 unspecified atom stereocenters. The number of ether oxygens (including phenoxy) is 1. The van der Waals surface area contributed by atoms with Gasteiger partial charge in [-0.2, -0.15) is 0 Å². The Labute approximate surface area is 148 Å². The van der Waals surface area contributed by atoms with E-state index in [1.54, 1.807) is 0 Å². The molecule has 0 fully saturated rings. The van der Waals surface area contributed by atoms with Crippen molar-refractivity contribution in [3.63, 3.8) is 0 Å². The fourth-order valence-corrected chi connectivity index (χ4v) is 4.19. The van der Waals surface area contributed by atoms with Crippen molar-refractivity contribution in [1.29, 1.82) is 0 Å². The van der Waals surface area contributed by atoms with Gasteiger partial charge in [0.1, 0.15) is 11.5 Å². The van der Waals surface area contributed by atoms with Gasteiger partial charge in [0.25, 0.3) is 0 Å². The van der Waals surface area contributed by atoms with E-state index in [-0.39, 0.29) is 0 Å². The van der Waals surface area contributed by atoms with Gasteiger partial charge in [0, 0.05) is 38.3 Å². The highest BCUT2D eigenvalue weighted by molar-refractivity contribution is 6.32. The monoisotopic (exact) mass is 341 g/mol. The molecule has 1 aliphatic heterocycles. The van der Waals surface area contributed by atoms with Gasteiger partial charge in [-0.3, -0.25) is 0 Å². The standard InChI is InChI=1S/C22H12ClNO/c23-12-8-9-17-16(10-12)21-15-6-3-5-14-13-4-1-2-7-19(13)25-20(22(14)15)11-18(21)24-17/h1-11,24H. The Hall–Kier alpha value is -2.97. The summed E-state index contributed by atoms with van der Waals surface area (Å²) < 4.78 is 6.23. The van der Waals surface area contributed by atoms with Gasteiger partial charge in [-0.15, -0.1) is 0 Å². The van der Waals surface area contributed by atoms with E-state index in [9.17, 15) is 0 Å². The second-order valence-electron chi connectivity index (χ2n) is 6.44. The van der Waals surface area contributed by atoms with Crippen molar-refractivity contribution in [3.8, 4) is 22.6 Å². The lowest BCUT2D eigenvalue weighted by Crippen LogP contribution is -1.96. The zero-order chi connectivity index (χ0) is 16.5. The number of hydrogen-bond acceptors (Lipinski definition) is 1. The van der Waals surface area contributed by atoms with Crippen molar-refractivity contribution in [3.05, 3.63) is 71.8 Å². The number of nitrogens with one attached hydrogen (secondary N) is 1. The average molecular weight is 342 g/mol. The molecular formula is C22H12ClNO. The Kier molecular flexibility index (Phi) is 2.43. The van der Waals surface area contributed by atoms with Gasteiger partial charge in [0.05, 0.1) is 5.52 Å². The molecule has 2 nitrogen and oxygen atoms in total. The highest BCUT2D eigenvalue weighted by Crippen LogP contribution is 2.49. The summed E-state index contributed by atoms with van der Waals surface area (Å²) >= 11 is 6.26. The summed E-state index contributed by atoms with van der Waals surface area (Å²) in [5.74, 6) is 1.80. The van der Waals surface area contributed by atoms with Crippen molar-refractivity contribution >= 4 is 44.2 Å². The van der Waals surface area contributed by atoms with Crippen LogP contribution in [0.15, 0.2) is 66.7 Å². The molecule has 0 radical (unpaired) electrons. The van der Waals surface area contributed by atoms with Crippen LogP contribution in [0.25, 0.3) is 43.7 Å². The lowest BCUT2D eigenvalue weighted by molar-refractivity contribution is 0.487. The summed E-state index contributed by atoms with van der Waals surface area (Å²) in [7, 11) is 0. The van der Waals surface area contributed by atoms with Crippen LogP contribution in [-0.4, -0.2) is 4.98 Å². The number of aromatic nitrogens is 1. The predicted octanol–water partition coefficient (Wildman–Crippen LogP) is 6.90. The molecule has 1 aromatic heterocycles. The summed E-state index contributed by atoms with van der Waals surface area (Å²) in [5.41, 5.74) is 4.50. The van der Waals surface area contributed by atoms with Crippen LogP contribution in [0.5, 0.6) is 11.5 Å². The fraction of sp³-hybridized carbons (Fsp3) is 0. The van der Waals surface area contributed by atoms with Crippen LogP contribution >= 0.6 is 11.6 Å². The Morgan fingerprint density at radius 2 is 1.56 bits per heavy atom. The molecule has 1 N–H and O–H groups in total. The normalized spacial score (nSPS) is 12.5. The van der Waals surface area contributed by atoms with Crippen LogP contribution < -0.4 is 4.74 Å². The molecule has 0 bridgehead atoms. The second kappa shape index (κ2) is 4.56. The molecule has 6 rings (SSSR count). The smallest absolute Gasteiger partial charge is 0.138 e. The SMILES string of the molecule is Clc1ccc2[nH]c3cc4c5c(cccc5c3c2c1)-c1ccccc1O4. The maximum atomic E-state index is 6.26. The van der Waals surface area contributed by atoms with Gasteiger partial charge in [-0.25, -0.2) is 0 Å². The molecule has 25 heavy (non-hydrogen) atoms. The number of aromatic amines is 1. The van der Waals surface area contributed by atoms with Gasteiger partial charge in [0.15, 0.2) is 0 Å². The van der Waals surface area contributed by atoms with E-state index < -0.39 is 0 Å². The van der Waals surface area contributed by atoms with Gasteiger partial charge >= 0.3 is 0 Å². The first-order valence-corrected chi connectivity index (χ1v) is 8.61. The van der Waals surface area contributed by atoms with Gasteiger partial charge in [-0.05, 0) is 35.2 Å². The third-order valence-corrected chi connectivity index (χ3v) is 5.28. The van der Waals surface area contributed by atoms with Gasteiger partial charge in [-0.1, -0.05) is 48.0 Å². The third kappa shape index (κ3) is 1.70. The Balaban J connectivity index is 1.87. The molecular weight excluding hydrogens is 330 g/mol. The number of halogens is 1. The molecule has 4 aromatic carbocycles. The minimum Gasteiger partial charge on any atom is -0.456 e. The molecule has 0 aliphatic carbocycles. The summed E-state index contributed by atoms with van der Waals surface area (Å²) in [6.45, 7) is 0. The largest absolute Gasteiger partial charge is 0.456 e. The summed E-state index contributed by atoms with van der Waals surface area (Å²) in [4.78, 5) is 3.50. The molecule has 2 heterocycles. The Morgan fingerprint density at radius 3 is 2.52 bits per heavy atom. The van der Waals surface area contributed by atoms with E-state index in [1.165, 1.54) is 16.3 Å². The third-order valence-electron chi connectivity index (χ3n) is 5.04. The van der Waals surface area contributed by atoms with Crippen LogP contribution in [-0.2, 0) is 0 Å². The topological polar surface area (TPSA) is 25.0 Å². The van der Waals surface area contributed by atoms with E-state index in [0.29, 0.717) is 0 Å². The number of benzene rings is 4. The maximum absolute atomic E-state index is 6.26. The van der Waals surface area contributed by atoms with Crippen LogP contribution in [0, 0.1) is 0 Å². The molecule has 0 saturated heterocycles. The zero-order valence-electron chi connectivity index (χ0n) is 13.1. The quantitative estimate of drug-likeness (QED) is 0.319.